The number of aliphatic carboxylic acids is 1. The standard InChI is InChI=1S/C14H19N3O4S2/c1-3-8-15-4-7(5-16-8)22-14-10(13(20)21)17-11(19)9(6(2)18)12(17)23-14/h6-7,9,12,18H,3-5H2,1-2H3,(H,15,16)(H,20,21)/t6?,9?,12-/m0/s1. The second-order valence-corrected chi connectivity index (χ2v) is 8.38. The van der Waals surface area contributed by atoms with Crippen LogP contribution in [0.3, 0.4) is 0 Å². The first kappa shape index (κ1) is 16.7. The van der Waals surface area contributed by atoms with Crippen LogP contribution >= 0.6 is 23.5 Å². The van der Waals surface area contributed by atoms with Crippen LogP contribution < -0.4 is 5.32 Å². The number of nitrogens with zero attached hydrogens (tertiary/aromatic N) is 2. The van der Waals surface area contributed by atoms with Crippen molar-refractivity contribution in [2.75, 3.05) is 13.1 Å². The van der Waals surface area contributed by atoms with Gasteiger partial charge >= 0.3 is 5.97 Å². The number of aliphatic hydroxyl groups excluding tert-OH is 1. The zero-order valence-corrected chi connectivity index (χ0v) is 14.5. The van der Waals surface area contributed by atoms with Crippen LogP contribution in [0.15, 0.2) is 14.9 Å². The van der Waals surface area contributed by atoms with E-state index in [1.54, 1.807) is 6.92 Å². The fourth-order valence-corrected chi connectivity index (χ4v) is 6.03. The van der Waals surface area contributed by atoms with Crippen LogP contribution in [0.1, 0.15) is 20.3 Å². The first-order valence-electron chi connectivity index (χ1n) is 7.53. The molecule has 23 heavy (non-hydrogen) atoms. The van der Waals surface area contributed by atoms with E-state index in [0.717, 1.165) is 18.8 Å². The number of amides is 1. The van der Waals surface area contributed by atoms with E-state index in [4.69, 9.17) is 0 Å². The van der Waals surface area contributed by atoms with Gasteiger partial charge in [-0.3, -0.25) is 14.7 Å². The third-order valence-corrected chi connectivity index (χ3v) is 6.88. The van der Waals surface area contributed by atoms with Crippen molar-refractivity contribution in [3.05, 3.63) is 9.93 Å². The molecule has 1 saturated heterocycles. The van der Waals surface area contributed by atoms with Gasteiger partial charge in [-0.15, -0.1) is 11.8 Å². The lowest BCUT2D eigenvalue weighted by Crippen LogP contribution is -2.60. The first-order chi connectivity index (χ1) is 10.9. The van der Waals surface area contributed by atoms with E-state index in [9.17, 15) is 19.8 Å². The van der Waals surface area contributed by atoms with Gasteiger partial charge in [0.25, 0.3) is 0 Å². The number of hydrogen-bond acceptors (Lipinski definition) is 7. The summed E-state index contributed by atoms with van der Waals surface area (Å²) in [5.41, 5.74) is 0.0529. The van der Waals surface area contributed by atoms with Crippen LogP contribution in [0.4, 0.5) is 0 Å². The Morgan fingerprint density at radius 2 is 2.35 bits per heavy atom. The van der Waals surface area contributed by atoms with E-state index in [-0.39, 0.29) is 22.2 Å². The molecule has 1 amide bonds. The molecule has 0 saturated carbocycles. The highest BCUT2D eigenvalue weighted by Crippen LogP contribution is 2.54. The summed E-state index contributed by atoms with van der Waals surface area (Å²) in [6.07, 6.45) is 0.0824. The minimum Gasteiger partial charge on any atom is -0.477 e. The van der Waals surface area contributed by atoms with Gasteiger partial charge in [0.15, 0.2) is 5.70 Å². The van der Waals surface area contributed by atoms with E-state index < -0.39 is 18.0 Å². The van der Waals surface area contributed by atoms with Gasteiger partial charge in [0.05, 0.1) is 28.6 Å². The third kappa shape index (κ3) is 2.85. The molecule has 3 rings (SSSR count). The van der Waals surface area contributed by atoms with Gasteiger partial charge in [-0.1, -0.05) is 18.7 Å². The molecule has 3 aliphatic heterocycles. The van der Waals surface area contributed by atoms with Gasteiger partial charge < -0.3 is 15.5 Å². The molecule has 4 atom stereocenters. The van der Waals surface area contributed by atoms with Crippen molar-refractivity contribution in [1.29, 1.82) is 0 Å². The summed E-state index contributed by atoms with van der Waals surface area (Å²) in [7, 11) is 0. The van der Waals surface area contributed by atoms with E-state index in [1.807, 2.05) is 6.92 Å². The smallest absolute Gasteiger partial charge is 0.354 e. The number of carbonyl (C=O) groups excluding carboxylic acids is 1. The maximum absolute atomic E-state index is 12.1. The number of nitrogens with one attached hydrogen (secondary N) is 1. The zero-order chi connectivity index (χ0) is 16.7. The molecule has 0 bridgehead atoms. The number of thioether (sulfide) groups is 2. The van der Waals surface area contributed by atoms with E-state index in [2.05, 4.69) is 10.3 Å². The number of carbonyl (C=O) groups is 2. The Hall–Kier alpha value is -1.19. The van der Waals surface area contributed by atoms with Crippen LogP contribution in [-0.2, 0) is 9.59 Å². The Bertz CT molecular complexity index is 605. The van der Waals surface area contributed by atoms with Crippen molar-refractivity contribution in [2.24, 2.45) is 10.9 Å². The molecule has 3 heterocycles. The summed E-state index contributed by atoms with van der Waals surface area (Å²) in [5, 5.41) is 22.3. The predicted molar refractivity (Wildman–Crippen MR) is 90.0 cm³/mol. The number of fused-ring (bicyclic) bond motifs is 1. The lowest BCUT2D eigenvalue weighted by atomic mass is 9.92. The van der Waals surface area contributed by atoms with Crippen molar-refractivity contribution in [1.82, 2.24) is 10.2 Å². The number of carboxylic acid groups (broad SMARTS) is 1. The van der Waals surface area contributed by atoms with Crippen molar-refractivity contribution < 1.29 is 19.8 Å². The molecule has 9 heteroatoms. The quantitative estimate of drug-likeness (QED) is 0.621. The average molecular weight is 357 g/mol. The Morgan fingerprint density at radius 1 is 1.61 bits per heavy atom. The minimum atomic E-state index is -1.10. The summed E-state index contributed by atoms with van der Waals surface area (Å²) < 4.78 is 0.640. The van der Waals surface area contributed by atoms with Crippen LogP contribution in [0.25, 0.3) is 0 Å². The predicted octanol–water partition coefficient (Wildman–Crippen LogP) is 0.666. The van der Waals surface area contributed by atoms with Gasteiger partial charge in [-0.05, 0) is 6.92 Å². The van der Waals surface area contributed by atoms with Crippen LogP contribution in [0.2, 0.25) is 0 Å². The maximum Gasteiger partial charge on any atom is 0.354 e. The SMILES string of the molecule is CCC1=NCC(SC2=C(C(=O)O)N3C(=O)C(C(C)O)[C@@H]3S2)CN1. The minimum absolute atomic E-state index is 0.0529. The highest BCUT2D eigenvalue weighted by molar-refractivity contribution is 8.23. The Kier molecular flexibility index (Phi) is 4.61. The number of aliphatic hydroxyl groups is 1. The maximum atomic E-state index is 12.1. The largest absolute Gasteiger partial charge is 0.477 e. The van der Waals surface area contributed by atoms with E-state index in [1.165, 1.54) is 28.4 Å². The first-order valence-corrected chi connectivity index (χ1v) is 9.29. The molecular weight excluding hydrogens is 338 g/mol. The number of carboxylic acids is 1. The number of rotatable bonds is 5. The average Bonchev–Trinajstić information content (AvgIpc) is 2.82. The number of aliphatic imine (C=N–C) groups is 1. The third-order valence-electron chi connectivity index (χ3n) is 4.10. The van der Waals surface area contributed by atoms with Crippen molar-refractivity contribution in [2.45, 2.75) is 37.0 Å². The number of β-lactam (4-membered cyclic amide) rings is 1. The molecule has 0 aromatic heterocycles. The van der Waals surface area contributed by atoms with Gasteiger partial charge in [0, 0.05) is 18.2 Å². The van der Waals surface area contributed by atoms with Crippen molar-refractivity contribution in [3.8, 4) is 0 Å². The zero-order valence-electron chi connectivity index (χ0n) is 12.9. The van der Waals surface area contributed by atoms with Crippen LogP contribution in [0.5, 0.6) is 0 Å². The Morgan fingerprint density at radius 3 is 2.87 bits per heavy atom. The summed E-state index contributed by atoms with van der Waals surface area (Å²) in [4.78, 5) is 29.5. The fourth-order valence-electron chi connectivity index (χ4n) is 2.86. The van der Waals surface area contributed by atoms with Crippen molar-refractivity contribution >= 4 is 41.2 Å². The topological polar surface area (TPSA) is 102 Å². The van der Waals surface area contributed by atoms with Gasteiger partial charge in [-0.2, -0.15) is 0 Å². The molecule has 0 spiro atoms. The molecule has 3 unspecified atom stereocenters. The second-order valence-electron chi connectivity index (χ2n) is 5.69. The highest BCUT2D eigenvalue weighted by atomic mass is 32.2. The number of amidine groups is 1. The molecule has 126 valence electrons. The Labute approximate surface area is 142 Å². The normalized spacial score (nSPS) is 31.3. The molecule has 0 aromatic rings. The summed E-state index contributed by atoms with van der Waals surface area (Å²) in [5.74, 6) is -0.955. The van der Waals surface area contributed by atoms with Gasteiger partial charge in [0.2, 0.25) is 5.91 Å². The van der Waals surface area contributed by atoms with Crippen molar-refractivity contribution in [3.63, 3.8) is 0 Å². The fraction of sp³-hybridized carbons (Fsp3) is 0.643. The molecule has 3 N–H and O–H groups in total. The number of hydrogen-bond donors (Lipinski definition) is 3. The van der Waals surface area contributed by atoms with Gasteiger partial charge in [0.1, 0.15) is 5.37 Å². The monoisotopic (exact) mass is 357 g/mol. The molecule has 0 radical (unpaired) electrons. The summed E-state index contributed by atoms with van der Waals surface area (Å²) in [6, 6.07) is 0. The molecule has 0 aromatic carbocycles. The molecule has 7 nitrogen and oxygen atoms in total. The highest BCUT2D eigenvalue weighted by Gasteiger charge is 2.57. The molecular formula is C14H19N3O4S2. The Balaban J connectivity index is 1.75. The second kappa shape index (κ2) is 6.37. The molecule has 0 aliphatic carbocycles. The van der Waals surface area contributed by atoms with E-state index >= 15 is 0 Å². The molecule has 1 fully saturated rings. The van der Waals surface area contributed by atoms with Gasteiger partial charge in [-0.25, -0.2) is 4.79 Å². The van der Waals surface area contributed by atoms with Crippen LogP contribution in [0, 0.1) is 5.92 Å². The lowest BCUT2D eigenvalue weighted by Gasteiger charge is -2.43. The summed E-state index contributed by atoms with van der Waals surface area (Å²) >= 11 is 2.82. The molecule has 3 aliphatic rings. The summed E-state index contributed by atoms with van der Waals surface area (Å²) in [6.45, 7) is 4.96. The van der Waals surface area contributed by atoms with E-state index in [0.29, 0.717) is 10.8 Å². The lowest BCUT2D eigenvalue weighted by molar-refractivity contribution is -0.156. The van der Waals surface area contributed by atoms with Crippen LogP contribution in [-0.4, -0.2) is 62.6 Å².